The molecule has 0 radical (unpaired) electrons. The van der Waals surface area contributed by atoms with Crippen LogP contribution in [-0.4, -0.2) is 31.7 Å². The molecule has 13 heteroatoms. The van der Waals surface area contributed by atoms with E-state index < -0.39 is 52.7 Å². The van der Waals surface area contributed by atoms with E-state index in [1.54, 1.807) is 0 Å². The van der Waals surface area contributed by atoms with Crippen LogP contribution in [0.3, 0.4) is 0 Å². The van der Waals surface area contributed by atoms with Crippen LogP contribution in [-0.2, 0) is 20.2 Å². The summed E-state index contributed by atoms with van der Waals surface area (Å²) in [5.41, 5.74) is -2.15. The highest BCUT2D eigenvalue weighted by Crippen LogP contribution is 2.34. The maximum Gasteiger partial charge on any atom is 0.347 e. The summed E-state index contributed by atoms with van der Waals surface area (Å²) in [6.45, 7) is 4.93. The molecule has 0 amide bonds. The zero-order valence-corrected chi connectivity index (χ0v) is 17.0. The SMILES string of the molecule is C=Cc1ccc(OS(=O)(=O)C(CC)Oc2cc(F)c(S(=O)(=O)O)cc2[N+](=O)[O-])cc1. The van der Waals surface area contributed by atoms with Gasteiger partial charge in [-0.1, -0.05) is 31.7 Å². The molecular weight excluding hydrogens is 445 g/mol. The molecule has 0 heterocycles. The second-order valence-corrected chi connectivity index (χ2v) is 8.86. The van der Waals surface area contributed by atoms with Gasteiger partial charge < -0.3 is 8.92 Å². The molecule has 2 aromatic carbocycles. The second-order valence-electron chi connectivity index (χ2n) is 5.79. The molecule has 0 fully saturated rings. The van der Waals surface area contributed by atoms with Crippen molar-refractivity contribution in [3.8, 4) is 11.5 Å². The first kappa shape index (κ1) is 23.3. The fraction of sp³-hybridized carbons (Fsp3) is 0.176. The maximum atomic E-state index is 14.0. The van der Waals surface area contributed by atoms with Crippen molar-refractivity contribution in [1.29, 1.82) is 0 Å². The topological polar surface area (TPSA) is 150 Å². The van der Waals surface area contributed by atoms with Gasteiger partial charge in [0.1, 0.15) is 16.5 Å². The highest BCUT2D eigenvalue weighted by atomic mass is 32.2. The predicted octanol–water partition coefficient (Wildman–Crippen LogP) is 3.15. The van der Waals surface area contributed by atoms with Crippen LogP contribution in [0, 0.1) is 15.9 Å². The molecular formula is C17H16FNO9S2. The average Bonchev–Trinajstić information content (AvgIpc) is 2.64. The smallest absolute Gasteiger partial charge is 0.347 e. The molecule has 10 nitrogen and oxygen atoms in total. The molecule has 162 valence electrons. The molecule has 0 bridgehead atoms. The Morgan fingerprint density at radius 3 is 2.30 bits per heavy atom. The molecule has 1 unspecified atom stereocenters. The van der Waals surface area contributed by atoms with Gasteiger partial charge in [-0.05, 0) is 24.1 Å². The Morgan fingerprint density at radius 1 is 1.23 bits per heavy atom. The van der Waals surface area contributed by atoms with E-state index >= 15 is 0 Å². The summed E-state index contributed by atoms with van der Waals surface area (Å²) in [4.78, 5) is 8.76. The summed E-state index contributed by atoms with van der Waals surface area (Å²) in [5.74, 6) is -2.48. The summed E-state index contributed by atoms with van der Waals surface area (Å²) in [6, 6.07) is 6.31. The van der Waals surface area contributed by atoms with Crippen LogP contribution in [0.1, 0.15) is 18.9 Å². The Labute approximate surface area is 171 Å². The van der Waals surface area contributed by atoms with Crippen molar-refractivity contribution in [2.45, 2.75) is 23.7 Å². The zero-order chi connectivity index (χ0) is 22.7. The Hall–Kier alpha value is -3.03. The van der Waals surface area contributed by atoms with Gasteiger partial charge >= 0.3 is 15.8 Å². The third-order valence-electron chi connectivity index (χ3n) is 3.73. The highest BCUT2D eigenvalue weighted by molar-refractivity contribution is 7.87. The van der Waals surface area contributed by atoms with E-state index in [9.17, 15) is 31.3 Å². The zero-order valence-electron chi connectivity index (χ0n) is 15.4. The minimum absolute atomic E-state index is 0.0648. The van der Waals surface area contributed by atoms with Crippen LogP contribution in [0.2, 0.25) is 0 Å². The van der Waals surface area contributed by atoms with Gasteiger partial charge in [0.25, 0.3) is 10.1 Å². The normalized spacial score (nSPS) is 12.8. The van der Waals surface area contributed by atoms with Crippen molar-refractivity contribution in [2.75, 3.05) is 0 Å². The molecule has 30 heavy (non-hydrogen) atoms. The lowest BCUT2D eigenvalue weighted by atomic mass is 10.2. The largest absolute Gasteiger partial charge is 0.464 e. The molecule has 0 aromatic heterocycles. The van der Waals surface area contributed by atoms with Gasteiger partial charge in [-0.3, -0.25) is 14.7 Å². The van der Waals surface area contributed by atoms with E-state index in [4.69, 9.17) is 13.5 Å². The molecule has 0 aliphatic heterocycles. The van der Waals surface area contributed by atoms with E-state index in [0.717, 1.165) is 0 Å². The Morgan fingerprint density at radius 2 is 1.83 bits per heavy atom. The van der Waals surface area contributed by atoms with Crippen LogP contribution < -0.4 is 8.92 Å². The van der Waals surface area contributed by atoms with Crippen molar-refractivity contribution >= 4 is 32.0 Å². The molecule has 0 saturated carbocycles. The molecule has 2 rings (SSSR count). The number of rotatable bonds is 9. The van der Waals surface area contributed by atoms with Gasteiger partial charge in [-0.15, -0.1) is 0 Å². The first-order valence-corrected chi connectivity index (χ1v) is 11.1. The summed E-state index contributed by atoms with van der Waals surface area (Å²) >= 11 is 0. The number of halogens is 1. The summed E-state index contributed by atoms with van der Waals surface area (Å²) in [5, 5.41) is 11.2. The number of ether oxygens (including phenoxy) is 1. The molecule has 0 aliphatic carbocycles. The fourth-order valence-corrected chi connectivity index (χ4v) is 3.98. The standard InChI is InChI=1S/C17H16FNO9S2/c1-3-11-5-7-12(8-6-11)28-30(25,26)17(4-2)27-15-9-13(18)16(29(22,23)24)10-14(15)19(20)21/h3,5-10,17H,1,4H2,2H3,(H,22,23,24). The lowest BCUT2D eigenvalue weighted by Gasteiger charge is -2.18. The molecule has 2 aromatic rings. The first-order chi connectivity index (χ1) is 13.9. The van der Waals surface area contributed by atoms with Gasteiger partial charge in [0, 0.05) is 12.1 Å². The van der Waals surface area contributed by atoms with Crippen LogP contribution in [0.25, 0.3) is 6.08 Å². The lowest BCUT2D eigenvalue weighted by molar-refractivity contribution is -0.386. The van der Waals surface area contributed by atoms with E-state index in [0.29, 0.717) is 11.6 Å². The van der Waals surface area contributed by atoms with Crippen molar-refractivity contribution in [1.82, 2.24) is 0 Å². The Kier molecular flexibility index (Phi) is 6.80. The van der Waals surface area contributed by atoms with E-state index in [1.165, 1.54) is 37.3 Å². The third-order valence-corrected chi connectivity index (χ3v) is 6.10. The van der Waals surface area contributed by atoms with Crippen molar-refractivity contribution < 1.29 is 39.6 Å². The summed E-state index contributed by atoms with van der Waals surface area (Å²) < 4.78 is 80.4. The third kappa shape index (κ3) is 5.31. The number of benzene rings is 2. The highest BCUT2D eigenvalue weighted by Gasteiger charge is 2.33. The molecule has 1 atom stereocenters. The molecule has 1 N–H and O–H groups in total. The van der Waals surface area contributed by atoms with Crippen LogP contribution in [0.4, 0.5) is 10.1 Å². The Balaban J connectivity index is 2.41. The van der Waals surface area contributed by atoms with Gasteiger partial charge in [0.2, 0.25) is 11.2 Å². The number of hydrogen-bond donors (Lipinski definition) is 1. The molecule has 0 aliphatic rings. The van der Waals surface area contributed by atoms with Gasteiger partial charge in [0.05, 0.1) is 4.92 Å². The van der Waals surface area contributed by atoms with Crippen molar-refractivity contribution in [3.05, 3.63) is 64.5 Å². The lowest BCUT2D eigenvalue weighted by Crippen LogP contribution is -2.31. The van der Waals surface area contributed by atoms with Gasteiger partial charge in [0.15, 0.2) is 0 Å². The fourth-order valence-electron chi connectivity index (χ4n) is 2.29. The minimum Gasteiger partial charge on any atom is -0.464 e. The number of nitro benzene ring substituents is 1. The second kappa shape index (κ2) is 8.77. The van der Waals surface area contributed by atoms with Crippen LogP contribution in [0.5, 0.6) is 11.5 Å². The maximum absolute atomic E-state index is 14.0. The number of hydrogen-bond acceptors (Lipinski definition) is 8. The predicted molar refractivity (Wildman–Crippen MR) is 104 cm³/mol. The van der Waals surface area contributed by atoms with Crippen molar-refractivity contribution in [3.63, 3.8) is 0 Å². The summed E-state index contributed by atoms with van der Waals surface area (Å²) in [6.07, 6.45) is 1.28. The quantitative estimate of drug-likeness (QED) is 0.257. The minimum atomic E-state index is -5.10. The monoisotopic (exact) mass is 461 g/mol. The van der Waals surface area contributed by atoms with Crippen molar-refractivity contribution in [2.24, 2.45) is 0 Å². The first-order valence-electron chi connectivity index (χ1n) is 8.17. The number of nitro groups is 1. The van der Waals surface area contributed by atoms with E-state index in [1.807, 2.05) is 0 Å². The average molecular weight is 461 g/mol. The van der Waals surface area contributed by atoms with Crippen LogP contribution in [0.15, 0.2) is 47.9 Å². The van der Waals surface area contributed by atoms with E-state index in [-0.39, 0.29) is 18.2 Å². The van der Waals surface area contributed by atoms with Gasteiger partial charge in [-0.2, -0.15) is 16.8 Å². The van der Waals surface area contributed by atoms with Gasteiger partial charge in [-0.25, -0.2) is 4.39 Å². The number of nitrogens with zero attached hydrogens (tertiary/aromatic N) is 1. The molecule has 0 spiro atoms. The van der Waals surface area contributed by atoms with E-state index in [2.05, 4.69) is 6.58 Å². The van der Waals surface area contributed by atoms with Crippen LogP contribution >= 0.6 is 0 Å². The Bertz CT molecular complexity index is 1180. The molecule has 0 saturated heterocycles. The summed E-state index contributed by atoms with van der Waals surface area (Å²) in [7, 11) is -9.60.